The predicted molar refractivity (Wildman–Crippen MR) is 544 cm³/mol. The molecule has 728 valence electrons. The van der Waals surface area contributed by atoms with Gasteiger partial charge in [-0.2, -0.15) is 0 Å². The smallest absolute Gasteiger partial charge is 0.200 e. The van der Waals surface area contributed by atoms with Crippen molar-refractivity contribution in [2.24, 2.45) is 11.8 Å². The van der Waals surface area contributed by atoms with Crippen molar-refractivity contribution in [3.8, 4) is 0 Å². The molecule has 9 fully saturated rings. The van der Waals surface area contributed by atoms with E-state index in [4.69, 9.17) is 40.4 Å². The van der Waals surface area contributed by atoms with Crippen molar-refractivity contribution < 1.29 is 68.6 Å². The van der Waals surface area contributed by atoms with Crippen LogP contribution in [0.1, 0.15) is 237 Å². The molecule has 6 saturated heterocycles. The summed E-state index contributed by atoms with van der Waals surface area (Å²) in [5.41, 5.74) is 1.34. The Morgan fingerprint density at radius 3 is 1.07 bits per heavy atom. The number of fused-ring (bicyclic) bond motifs is 8. The number of nitrogens with one attached hydrogen (secondary N) is 3. The zero-order valence-corrected chi connectivity index (χ0v) is 81.7. The molecule has 0 amide bonds. The highest BCUT2D eigenvalue weighted by Gasteiger charge is 2.41. The molecule has 11 heterocycles. The van der Waals surface area contributed by atoms with E-state index in [2.05, 4.69) is 62.4 Å². The Labute approximate surface area is 813 Å². The van der Waals surface area contributed by atoms with Crippen LogP contribution in [0.4, 0.5) is 52.2 Å². The largest absolute Gasteiger partial charge is 0.373 e. The van der Waals surface area contributed by atoms with Gasteiger partial charge in [0.05, 0.1) is 115 Å². The normalized spacial score (nSPS) is 18.6. The molecule has 6 unspecified atom stereocenters. The van der Waals surface area contributed by atoms with Crippen molar-refractivity contribution in [2.45, 2.75) is 235 Å². The summed E-state index contributed by atoms with van der Waals surface area (Å²) in [4.78, 5) is 126. The summed E-state index contributed by atoms with van der Waals surface area (Å²) in [7, 11) is 24.2. The van der Waals surface area contributed by atoms with Crippen molar-refractivity contribution in [1.29, 1.82) is 0 Å². The molecule has 3 N–H and O–H groups in total. The van der Waals surface area contributed by atoms with Gasteiger partial charge in [-0.1, -0.05) is 92.7 Å². The van der Waals surface area contributed by atoms with Crippen LogP contribution in [0, 0.1) is 58.4 Å². The molecule has 6 aliphatic heterocycles. The first-order valence-electron chi connectivity index (χ1n) is 48.6. The average molecular weight is 1910 g/mol. The second-order valence-corrected chi connectivity index (χ2v) is 36.9. The summed E-state index contributed by atoms with van der Waals surface area (Å²) in [5.74, 6) is -8.44. The number of ether oxygens (including phenoxy) is 2. The van der Waals surface area contributed by atoms with Gasteiger partial charge in [-0.05, 0) is 147 Å². The quantitative estimate of drug-likeness (QED) is 0.0261. The van der Waals surface area contributed by atoms with Gasteiger partial charge in [-0.25, -0.2) is 35.1 Å². The number of hydrogen-bond donors (Lipinski definition) is 3. The second kappa shape index (κ2) is 49.4. The van der Waals surface area contributed by atoms with E-state index < -0.39 is 62.8 Å². The summed E-state index contributed by atoms with van der Waals surface area (Å²) < 4.78 is 132. The summed E-state index contributed by atoms with van der Waals surface area (Å²) in [6.45, 7) is 33.2. The number of carbonyl (C=O) groups excluding carboxylic acids is 5. The number of rotatable bonds is 21. The fourth-order valence-corrected chi connectivity index (χ4v) is 18.0. The van der Waals surface area contributed by atoms with Gasteiger partial charge in [-0.15, -0.1) is 0 Å². The lowest BCUT2D eigenvalue weighted by Gasteiger charge is -2.25. The molecule has 19 rings (SSSR count). The summed E-state index contributed by atoms with van der Waals surface area (Å²) in [5, 5.41) is 10.8. The SMILES string of the molecule is CC(=O)c1cn(C2CC2)c2cc(F)c(F)cc2c1=O.CC(=O)c1cn(C2CC2)c2cc(N3CC4CNCC4C3)c(F)cc2c1=O.CC(=O)c1cn(C2CC2)c2cc(N3CC4NCCOC4C3)c(F)cc2c1=O.CCC.CCCC.CCn1cc(C(C)=O)c(=O)c2cc(F)c(F)c(F)c21.CCn1cc(C(C)=O)c(=O)c2cc(F)c(N3CC4NCCOC4C3)cc21.[B][B]B([B])CCC.[B][B]B([B])CCCC. The standard InChI is InChI=1S/C20H22FN3O3.C20H22FN3O2.C19H22FN3O3.C14H11F2NO2.C13H10F3NO2.C4H9B4.C4H10.C3H7B4.C3H8/c1-11(25)14-8-24(12-2-3-12)17-7-18(15(21)6-13(17)20(14)26)23-9-16-19(10-23)27-5-4-22-16;1-11(25)16-10-24(14-2-3-14)18-5-19(17(21)4-15(18)20(16)26)23-8-12-6-22-7-13(12)9-23;1-3-22-8-13(11(2)24)19(25)12-6-14(20)17(7-16(12)22)23-9-15-18(10-23)26-5-4-21-15;1-7(18)10-6-17(8-2-3-8)13-5-12(16)11(15)4-9(13)14(10)19;1-3-17-5-8(6(2)18)13(19)7-4-9(14)10(15)11(16)12(7)17;1-2-3-4-8(6)7-5;1-3-4-2;1-2-3-7(5)6-4;1-3-2/h6-8,12,16,19,22H,2-5,9-10H2,1H3;4-5,10,12-14,22H,2-3,6-9H2,1H3;6-8,15,18,21H,3-5,9-10H2,1-2H3;4-6,8H,2-3H2,1H3;4-5H,3H2,1-2H3;2-4H2,1H3;3-4H2,1-2H3;2-3H2,1H3;3H2,1-2H3. The Hall–Kier alpha value is -10.3. The fourth-order valence-electron chi connectivity index (χ4n) is 18.0. The summed E-state index contributed by atoms with van der Waals surface area (Å²) in [6.07, 6.45) is 22.9. The van der Waals surface area contributed by atoms with E-state index in [-0.39, 0.29) is 151 Å². The molecule has 139 heavy (non-hydrogen) atoms. The molecule has 39 heteroatoms. The van der Waals surface area contributed by atoms with Crippen molar-refractivity contribution in [1.82, 2.24) is 38.8 Å². The van der Waals surface area contributed by atoms with Gasteiger partial charge in [0.1, 0.15) is 17.5 Å². The maximum atomic E-state index is 15.0. The molecule has 6 atom stereocenters. The maximum Gasteiger partial charge on any atom is 0.200 e. The van der Waals surface area contributed by atoms with Gasteiger partial charge in [0.25, 0.3) is 0 Å². The number of Topliss-reactive ketones (excluding diaryl/α,β-unsaturated/α-hetero) is 5. The van der Waals surface area contributed by atoms with E-state index in [1.54, 1.807) is 49.3 Å². The molecule has 9 aliphatic rings. The molecule has 10 radical (unpaired) electrons. The molecule has 23 nitrogen and oxygen atoms in total. The number of benzene rings is 5. The van der Waals surface area contributed by atoms with Gasteiger partial charge in [0, 0.05) is 213 Å². The van der Waals surface area contributed by atoms with Crippen LogP contribution in [0.2, 0.25) is 12.6 Å². The van der Waals surface area contributed by atoms with Gasteiger partial charge >= 0.3 is 0 Å². The van der Waals surface area contributed by atoms with Crippen molar-refractivity contribution in [3.63, 3.8) is 0 Å². The second-order valence-electron chi connectivity index (χ2n) is 36.9. The van der Waals surface area contributed by atoms with Crippen LogP contribution in [0.3, 0.4) is 0 Å². The Morgan fingerprint density at radius 2 is 0.727 bits per heavy atom. The third-order valence-corrected chi connectivity index (χ3v) is 26.2. The number of unbranched alkanes of at least 4 members (excludes halogenated alkanes) is 2. The number of pyridine rings is 5. The Kier molecular flexibility index (Phi) is 38.7. The predicted octanol–water partition coefficient (Wildman–Crippen LogP) is 14.5. The van der Waals surface area contributed by atoms with E-state index >= 15 is 0 Å². The number of aryl methyl sites for hydroxylation is 2. The first kappa shape index (κ1) is 109. The zero-order chi connectivity index (χ0) is 101. The first-order chi connectivity index (χ1) is 66.3. The van der Waals surface area contributed by atoms with Crippen molar-refractivity contribution in [2.75, 3.05) is 93.4 Å². The number of carbonyl (C=O) groups is 5. The highest BCUT2D eigenvalue weighted by atomic mass is 19.2. The van der Waals surface area contributed by atoms with E-state index in [1.807, 2.05) is 36.5 Å². The molecule has 5 aromatic carbocycles. The first-order valence-corrected chi connectivity index (χ1v) is 48.6. The molecule has 3 saturated carbocycles. The summed E-state index contributed by atoms with van der Waals surface area (Å²) in [6, 6.07) is 12.8. The minimum Gasteiger partial charge on any atom is -0.373 e. The monoisotopic (exact) mass is 1910 g/mol. The van der Waals surface area contributed by atoms with E-state index in [9.17, 15) is 83.1 Å². The average Bonchev–Trinajstić information content (AvgIpc) is 1.72. The topological polar surface area (TPSA) is 260 Å². The lowest BCUT2D eigenvalue weighted by molar-refractivity contribution is 0.0211. The molecular formula is C100H121B8F8N11O12. The number of anilines is 3. The number of halogens is 8. The third-order valence-electron chi connectivity index (χ3n) is 26.2. The number of ketones is 5. The van der Waals surface area contributed by atoms with Gasteiger partial charge in [0.2, 0.25) is 0 Å². The molecule has 0 bridgehead atoms. The Bertz CT molecular complexity index is 6460. The van der Waals surface area contributed by atoms with Crippen LogP contribution >= 0.6 is 0 Å². The van der Waals surface area contributed by atoms with Gasteiger partial charge in [-0.3, -0.25) is 47.9 Å². The number of morpholine rings is 2. The van der Waals surface area contributed by atoms with Crippen LogP contribution in [0.25, 0.3) is 54.5 Å². The Balaban J connectivity index is 0.000000158. The number of nitrogens with zero attached hydrogens (tertiary/aromatic N) is 8. The zero-order valence-electron chi connectivity index (χ0n) is 81.7. The highest BCUT2D eigenvalue weighted by molar-refractivity contribution is 7.46. The summed E-state index contributed by atoms with van der Waals surface area (Å²) >= 11 is 0. The van der Waals surface area contributed by atoms with Gasteiger partial charge < -0.3 is 63.0 Å². The van der Waals surface area contributed by atoms with Crippen LogP contribution in [0.15, 0.2) is 110 Å². The fraction of sp³-hybridized carbons (Fsp3) is 0.500. The van der Waals surface area contributed by atoms with Gasteiger partial charge in [0.15, 0.2) is 85.1 Å². The molecule has 0 spiro atoms. The van der Waals surface area contributed by atoms with Crippen LogP contribution in [-0.4, -0.2) is 213 Å². The Morgan fingerprint density at radius 1 is 0.396 bits per heavy atom. The van der Waals surface area contributed by atoms with Crippen LogP contribution < -0.4 is 57.8 Å². The van der Waals surface area contributed by atoms with Crippen molar-refractivity contribution >= 4 is 159 Å². The van der Waals surface area contributed by atoms with E-state index in [0.29, 0.717) is 109 Å². The lowest BCUT2D eigenvalue weighted by atomic mass is 9.04. The lowest BCUT2D eigenvalue weighted by Crippen LogP contribution is -2.47. The van der Waals surface area contributed by atoms with E-state index in [0.717, 1.165) is 121 Å². The molecular weight excluding hydrogens is 1790 g/mol. The van der Waals surface area contributed by atoms with Crippen LogP contribution in [-0.2, 0) is 22.6 Å². The molecule has 5 aromatic heterocycles. The minimum atomic E-state index is -1.63. The highest BCUT2D eigenvalue weighted by Crippen LogP contribution is 2.43. The van der Waals surface area contributed by atoms with E-state index in [1.165, 1.54) is 103 Å². The van der Waals surface area contributed by atoms with Crippen molar-refractivity contribution in [3.05, 3.63) is 211 Å². The van der Waals surface area contributed by atoms with Crippen LogP contribution in [0.5, 0.6) is 0 Å². The molecule has 3 aliphatic carbocycles. The number of aromatic nitrogens is 5. The maximum absolute atomic E-state index is 15.0. The number of hydrogen-bond acceptors (Lipinski definition) is 18. The minimum absolute atomic E-state index is 0.0189. The third kappa shape index (κ3) is 26.0. The molecule has 10 aromatic rings.